The maximum atomic E-state index is 12.2. The van der Waals surface area contributed by atoms with Gasteiger partial charge < -0.3 is 10.4 Å². The highest BCUT2D eigenvalue weighted by Gasteiger charge is 2.45. The van der Waals surface area contributed by atoms with Gasteiger partial charge in [-0.15, -0.1) is 0 Å². The van der Waals surface area contributed by atoms with Crippen molar-refractivity contribution in [1.29, 1.82) is 0 Å². The first-order chi connectivity index (χ1) is 9.81. The number of nitrogens with one attached hydrogen (secondary N) is 1. The van der Waals surface area contributed by atoms with Crippen molar-refractivity contribution >= 4 is 11.9 Å². The molecule has 0 bridgehead atoms. The number of aliphatic carboxylic acids is 1. The Morgan fingerprint density at radius 3 is 2.62 bits per heavy atom. The highest BCUT2D eigenvalue weighted by atomic mass is 16.4. The van der Waals surface area contributed by atoms with Crippen molar-refractivity contribution in [1.82, 2.24) is 10.2 Å². The monoisotopic (exact) mass is 298 g/mol. The smallest absolute Gasteiger partial charge is 0.321 e. The van der Waals surface area contributed by atoms with Gasteiger partial charge in [0.2, 0.25) is 5.91 Å². The molecule has 0 radical (unpaired) electrons. The van der Waals surface area contributed by atoms with Gasteiger partial charge >= 0.3 is 5.97 Å². The largest absolute Gasteiger partial charge is 0.480 e. The van der Waals surface area contributed by atoms with Gasteiger partial charge in [0.05, 0.1) is 6.04 Å². The zero-order valence-corrected chi connectivity index (χ0v) is 13.8. The summed E-state index contributed by atoms with van der Waals surface area (Å²) in [5.41, 5.74) is -0.305. The lowest BCUT2D eigenvalue weighted by molar-refractivity contribution is -0.154. The standard InChI is InChI=1S/C16H30N2O3/c1-5-6-7-10-17-14(19)12(2)18-11-8-9-16(3,4)13(18)15(20)21/h12-13H,5-11H2,1-4H3,(H,17,19)(H,20,21). The molecule has 0 saturated carbocycles. The van der Waals surface area contributed by atoms with E-state index in [1.54, 1.807) is 0 Å². The Hall–Kier alpha value is -1.10. The van der Waals surface area contributed by atoms with Crippen LogP contribution < -0.4 is 5.32 Å². The lowest BCUT2D eigenvalue weighted by Crippen LogP contribution is -2.60. The Bertz CT molecular complexity index is 369. The number of carbonyl (C=O) groups is 2. The zero-order valence-electron chi connectivity index (χ0n) is 13.8. The average molecular weight is 298 g/mol. The van der Waals surface area contributed by atoms with Gasteiger partial charge in [-0.25, -0.2) is 0 Å². The predicted octanol–water partition coefficient (Wildman–Crippen LogP) is 2.26. The van der Waals surface area contributed by atoms with E-state index in [1.165, 1.54) is 0 Å². The third-order valence-corrected chi connectivity index (χ3v) is 4.50. The Kier molecular flexibility index (Phi) is 6.65. The van der Waals surface area contributed by atoms with Crippen LogP contribution in [0.15, 0.2) is 0 Å². The lowest BCUT2D eigenvalue weighted by Gasteiger charge is -2.46. The van der Waals surface area contributed by atoms with Gasteiger partial charge in [0.15, 0.2) is 0 Å². The second kappa shape index (κ2) is 7.78. The molecule has 2 atom stereocenters. The van der Waals surface area contributed by atoms with E-state index in [1.807, 2.05) is 25.7 Å². The molecule has 1 aliphatic rings. The molecule has 0 aromatic heterocycles. The van der Waals surface area contributed by atoms with Gasteiger partial charge in [-0.3, -0.25) is 14.5 Å². The number of piperidine rings is 1. The van der Waals surface area contributed by atoms with Crippen LogP contribution in [0.1, 0.15) is 59.8 Å². The van der Waals surface area contributed by atoms with E-state index in [9.17, 15) is 14.7 Å². The number of hydrogen-bond donors (Lipinski definition) is 2. The Balaban J connectivity index is 2.67. The average Bonchev–Trinajstić information content (AvgIpc) is 2.40. The summed E-state index contributed by atoms with van der Waals surface area (Å²) in [6.07, 6.45) is 5.01. The van der Waals surface area contributed by atoms with Crippen LogP contribution in [0.2, 0.25) is 0 Å². The minimum atomic E-state index is -0.828. The number of carboxylic acids is 1. The molecule has 2 unspecified atom stereocenters. The third kappa shape index (κ3) is 4.70. The van der Waals surface area contributed by atoms with Crippen LogP contribution in [0.5, 0.6) is 0 Å². The van der Waals surface area contributed by atoms with Crippen molar-refractivity contribution in [3.8, 4) is 0 Å². The maximum absolute atomic E-state index is 12.2. The molecular formula is C16H30N2O3. The van der Waals surface area contributed by atoms with E-state index in [-0.39, 0.29) is 11.3 Å². The number of hydrogen-bond acceptors (Lipinski definition) is 3. The number of carbonyl (C=O) groups excluding carboxylic acids is 1. The van der Waals surface area contributed by atoms with E-state index in [0.717, 1.165) is 32.1 Å². The van der Waals surface area contributed by atoms with Crippen molar-refractivity contribution in [2.45, 2.75) is 71.9 Å². The van der Waals surface area contributed by atoms with Crippen molar-refractivity contribution in [2.24, 2.45) is 5.41 Å². The molecule has 1 amide bonds. The fourth-order valence-electron chi connectivity index (χ4n) is 3.21. The molecule has 21 heavy (non-hydrogen) atoms. The third-order valence-electron chi connectivity index (χ3n) is 4.50. The first kappa shape index (κ1) is 18.0. The molecule has 0 aromatic rings. The number of unbranched alkanes of at least 4 members (excludes halogenated alkanes) is 2. The molecule has 0 aromatic carbocycles. The number of carboxylic acid groups (broad SMARTS) is 1. The minimum Gasteiger partial charge on any atom is -0.480 e. The van der Waals surface area contributed by atoms with E-state index >= 15 is 0 Å². The summed E-state index contributed by atoms with van der Waals surface area (Å²) in [5.74, 6) is -0.889. The van der Waals surface area contributed by atoms with Crippen LogP contribution in [0.3, 0.4) is 0 Å². The second-order valence-corrected chi connectivity index (χ2v) is 6.74. The van der Waals surface area contributed by atoms with E-state index in [2.05, 4.69) is 12.2 Å². The van der Waals surface area contributed by atoms with Crippen molar-refractivity contribution < 1.29 is 14.7 Å². The van der Waals surface area contributed by atoms with Crippen LogP contribution in [0.4, 0.5) is 0 Å². The first-order valence-electron chi connectivity index (χ1n) is 8.07. The fraction of sp³-hybridized carbons (Fsp3) is 0.875. The molecule has 1 fully saturated rings. The van der Waals surface area contributed by atoms with Gasteiger partial charge in [0.25, 0.3) is 0 Å². The molecule has 1 aliphatic heterocycles. The maximum Gasteiger partial charge on any atom is 0.321 e. The summed E-state index contributed by atoms with van der Waals surface area (Å²) in [5, 5.41) is 12.5. The Morgan fingerprint density at radius 2 is 2.05 bits per heavy atom. The van der Waals surface area contributed by atoms with Crippen LogP contribution in [-0.4, -0.2) is 47.1 Å². The van der Waals surface area contributed by atoms with Gasteiger partial charge in [-0.05, 0) is 38.1 Å². The predicted molar refractivity (Wildman–Crippen MR) is 83.1 cm³/mol. The van der Waals surface area contributed by atoms with Crippen molar-refractivity contribution in [3.05, 3.63) is 0 Å². The fourth-order valence-corrected chi connectivity index (χ4v) is 3.21. The van der Waals surface area contributed by atoms with Crippen molar-refractivity contribution in [3.63, 3.8) is 0 Å². The molecule has 1 saturated heterocycles. The highest BCUT2D eigenvalue weighted by Crippen LogP contribution is 2.36. The number of nitrogens with zero attached hydrogens (tertiary/aromatic N) is 1. The zero-order chi connectivity index (χ0) is 16.0. The summed E-state index contributed by atoms with van der Waals surface area (Å²) in [7, 11) is 0. The number of amides is 1. The van der Waals surface area contributed by atoms with Crippen LogP contribution >= 0.6 is 0 Å². The molecule has 5 nitrogen and oxygen atoms in total. The molecule has 1 heterocycles. The molecule has 1 rings (SSSR count). The first-order valence-corrected chi connectivity index (χ1v) is 8.07. The SMILES string of the molecule is CCCCCNC(=O)C(C)N1CCCC(C)(C)C1C(=O)O. The summed E-state index contributed by atoms with van der Waals surface area (Å²) < 4.78 is 0. The van der Waals surface area contributed by atoms with Crippen LogP contribution in [0.25, 0.3) is 0 Å². The van der Waals surface area contributed by atoms with Gasteiger partial charge in [0, 0.05) is 6.54 Å². The Labute approximate surface area is 128 Å². The van der Waals surface area contributed by atoms with Crippen LogP contribution in [-0.2, 0) is 9.59 Å². The summed E-state index contributed by atoms with van der Waals surface area (Å²) in [6, 6.07) is -0.991. The van der Waals surface area contributed by atoms with Crippen LogP contribution in [0, 0.1) is 5.41 Å². The van der Waals surface area contributed by atoms with E-state index in [4.69, 9.17) is 0 Å². The minimum absolute atomic E-state index is 0.0601. The molecule has 0 spiro atoms. The highest BCUT2D eigenvalue weighted by molar-refractivity contribution is 5.83. The van der Waals surface area contributed by atoms with Crippen molar-refractivity contribution in [2.75, 3.05) is 13.1 Å². The van der Waals surface area contributed by atoms with Gasteiger partial charge in [-0.2, -0.15) is 0 Å². The van der Waals surface area contributed by atoms with E-state index in [0.29, 0.717) is 13.1 Å². The molecule has 2 N–H and O–H groups in total. The molecule has 122 valence electrons. The normalized spacial score (nSPS) is 23.5. The quantitative estimate of drug-likeness (QED) is 0.707. The summed E-state index contributed by atoms with van der Waals surface area (Å²) >= 11 is 0. The Morgan fingerprint density at radius 1 is 1.38 bits per heavy atom. The van der Waals surface area contributed by atoms with Gasteiger partial charge in [0.1, 0.15) is 6.04 Å². The second-order valence-electron chi connectivity index (χ2n) is 6.74. The van der Waals surface area contributed by atoms with Gasteiger partial charge in [-0.1, -0.05) is 33.6 Å². The molecular weight excluding hydrogens is 268 g/mol. The lowest BCUT2D eigenvalue weighted by atomic mass is 9.76. The molecule has 0 aliphatic carbocycles. The van der Waals surface area contributed by atoms with E-state index < -0.39 is 18.1 Å². The molecule has 5 heteroatoms. The summed E-state index contributed by atoms with van der Waals surface area (Å²) in [4.78, 5) is 25.7. The summed E-state index contributed by atoms with van der Waals surface area (Å²) in [6.45, 7) is 9.23. The number of likely N-dealkylation sites (tertiary alicyclic amines) is 1. The number of rotatable bonds is 7. The topological polar surface area (TPSA) is 69.6 Å².